The van der Waals surface area contributed by atoms with E-state index >= 15 is 0 Å². The first-order valence-corrected chi connectivity index (χ1v) is 7.75. The number of aliphatic hydroxyl groups excluding tert-OH is 1. The third kappa shape index (κ3) is 3.38. The average Bonchev–Trinajstić information content (AvgIpc) is 2.49. The smallest absolute Gasteiger partial charge is 0.143 e. The van der Waals surface area contributed by atoms with E-state index in [1.54, 1.807) is 13.3 Å². The zero-order valence-corrected chi connectivity index (χ0v) is 13.6. The Morgan fingerprint density at radius 1 is 1.29 bits per heavy atom. The second kappa shape index (κ2) is 6.32. The van der Waals surface area contributed by atoms with Crippen LogP contribution in [0.25, 0.3) is 0 Å². The van der Waals surface area contributed by atoms with Crippen LogP contribution >= 0.6 is 0 Å². The van der Waals surface area contributed by atoms with Gasteiger partial charge in [-0.05, 0) is 50.2 Å². The fourth-order valence-electron chi connectivity index (χ4n) is 3.16. The van der Waals surface area contributed by atoms with E-state index in [9.17, 15) is 5.11 Å². The summed E-state index contributed by atoms with van der Waals surface area (Å²) in [5.74, 6) is 0.619. The normalized spacial score (nSPS) is 21.8. The summed E-state index contributed by atoms with van der Waals surface area (Å²) in [5.41, 5.74) is 0.341. The Kier molecular flexibility index (Phi) is 4.89. The summed E-state index contributed by atoms with van der Waals surface area (Å²) >= 11 is 0. The Morgan fingerprint density at radius 2 is 1.95 bits per heavy atom. The summed E-state index contributed by atoms with van der Waals surface area (Å²) in [6.07, 6.45) is 4.69. The van der Waals surface area contributed by atoms with Crippen molar-refractivity contribution < 1.29 is 14.6 Å². The molecule has 1 heterocycles. The van der Waals surface area contributed by atoms with E-state index < -0.39 is 11.7 Å². The van der Waals surface area contributed by atoms with Crippen molar-refractivity contribution in [3.63, 3.8) is 0 Å². The molecule has 1 aromatic heterocycles. The summed E-state index contributed by atoms with van der Waals surface area (Å²) < 4.78 is 11.4. The first-order valence-electron chi connectivity index (χ1n) is 7.75. The molecule has 1 N–H and O–H groups in total. The molecule has 0 amide bonds. The molecular weight excluding hydrogens is 266 g/mol. The molecular formula is C17H27NO3. The van der Waals surface area contributed by atoms with Crippen LogP contribution in [0.1, 0.15) is 58.3 Å². The van der Waals surface area contributed by atoms with Crippen molar-refractivity contribution in [2.75, 3.05) is 13.7 Å². The minimum atomic E-state index is -0.760. The number of hydrogen-bond donors (Lipinski definition) is 1. The predicted molar refractivity (Wildman–Crippen MR) is 82.4 cm³/mol. The second-order valence-corrected chi connectivity index (χ2v) is 6.66. The maximum atomic E-state index is 10.9. The summed E-state index contributed by atoms with van der Waals surface area (Å²) in [5, 5.41) is 10.9. The van der Waals surface area contributed by atoms with Crippen LogP contribution in [0.3, 0.4) is 0 Å². The Bertz CT molecular complexity index is 463. The third-order valence-corrected chi connectivity index (χ3v) is 4.66. The molecule has 0 aliphatic heterocycles. The maximum Gasteiger partial charge on any atom is 0.143 e. The summed E-state index contributed by atoms with van der Waals surface area (Å²) in [6, 6.07) is 3.64. The molecule has 1 atom stereocenters. The number of pyridine rings is 1. The number of ether oxygens (including phenoxy) is 2. The standard InChI is InChI=1S/C17H27NO3/c1-5-21-17(10-8-16(2,3)9-11-17)15(19)14-13(20-4)7-6-12-18-14/h6-7,12,15,19H,5,8-11H2,1-4H3. The zero-order chi connectivity index (χ0) is 15.5. The van der Waals surface area contributed by atoms with Crippen molar-refractivity contribution in [1.29, 1.82) is 0 Å². The Labute approximate surface area is 127 Å². The molecule has 21 heavy (non-hydrogen) atoms. The number of methoxy groups -OCH3 is 1. The first kappa shape index (κ1) is 16.2. The lowest BCUT2D eigenvalue weighted by Crippen LogP contribution is -2.45. The maximum absolute atomic E-state index is 10.9. The lowest BCUT2D eigenvalue weighted by Gasteiger charge is -2.45. The van der Waals surface area contributed by atoms with E-state index in [2.05, 4.69) is 18.8 Å². The van der Waals surface area contributed by atoms with Crippen LogP contribution in [0.5, 0.6) is 5.75 Å². The molecule has 4 nitrogen and oxygen atoms in total. The van der Waals surface area contributed by atoms with Gasteiger partial charge in [0, 0.05) is 12.8 Å². The molecule has 118 valence electrons. The van der Waals surface area contributed by atoms with Gasteiger partial charge in [-0.1, -0.05) is 13.8 Å². The van der Waals surface area contributed by atoms with E-state index in [1.807, 2.05) is 19.1 Å². The van der Waals surface area contributed by atoms with Gasteiger partial charge in [-0.15, -0.1) is 0 Å². The molecule has 1 aromatic rings. The monoisotopic (exact) mass is 293 g/mol. The summed E-state index contributed by atoms with van der Waals surface area (Å²) in [7, 11) is 1.60. The van der Waals surface area contributed by atoms with Gasteiger partial charge in [-0.2, -0.15) is 0 Å². The Morgan fingerprint density at radius 3 is 2.52 bits per heavy atom. The molecule has 0 spiro atoms. The van der Waals surface area contributed by atoms with Gasteiger partial charge in [0.1, 0.15) is 17.5 Å². The van der Waals surface area contributed by atoms with Gasteiger partial charge in [-0.3, -0.25) is 4.98 Å². The number of hydrogen-bond acceptors (Lipinski definition) is 4. The van der Waals surface area contributed by atoms with E-state index in [1.165, 1.54) is 0 Å². The van der Waals surface area contributed by atoms with Crippen LogP contribution in [-0.2, 0) is 4.74 Å². The van der Waals surface area contributed by atoms with E-state index in [4.69, 9.17) is 9.47 Å². The number of nitrogens with zero attached hydrogens (tertiary/aromatic N) is 1. The fraction of sp³-hybridized carbons (Fsp3) is 0.706. The highest BCUT2D eigenvalue weighted by Crippen LogP contribution is 2.48. The number of rotatable bonds is 5. The van der Waals surface area contributed by atoms with Gasteiger partial charge in [0.15, 0.2) is 0 Å². The van der Waals surface area contributed by atoms with Gasteiger partial charge in [0.2, 0.25) is 0 Å². The van der Waals surface area contributed by atoms with Crippen LogP contribution in [0.15, 0.2) is 18.3 Å². The molecule has 1 fully saturated rings. The molecule has 0 radical (unpaired) electrons. The van der Waals surface area contributed by atoms with Gasteiger partial charge in [-0.25, -0.2) is 0 Å². The highest BCUT2D eigenvalue weighted by atomic mass is 16.5. The fourth-order valence-corrected chi connectivity index (χ4v) is 3.16. The van der Waals surface area contributed by atoms with Crippen molar-refractivity contribution in [3.05, 3.63) is 24.0 Å². The molecule has 0 aromatic carbocycles. The minimum Gasteiger partial charge on any atom is -0.495 e. The highest BCUT2D eigenvalue weighted by Gasteiger charge is 2.46. The SMILES string of the molecule is CCOC1(C(O)c2ncccc2OC)CCC(C)(C)CC1. The topological polar surface area (TPSA) is 51.6 Å². The molecule has 1 aliphatic rings. The Hall–Kier alpha value is -1.13. The average molecular weight is 293 g/mol. The summed E-state index contributed by atoms with van der Waals surface area (Å²) in [4.78, 5) is 4.33. The molecule has 0 bridgehead atoms. The van der Waals surface area contributed by atoms with Crippen molar-refractivity contribution >= 4 is 0 Å². The van der Waals surface area contributed by atoms with E-state index in [-0.39, 0.29) is 0 Å². The molecule has 1 unspecified atom stereocenters. The highest BCUT2D eigenvalue weighted by molar-refractivity contribution is 5.30. The quantitative estimate of drug-likeness (QED) is 0.902. The van der Waals surface area contributed by atoms with E-state index in [0.29, 0.717) is 23.5 Å². The third-order valence-electron chi connectivity index (χ3n) is 4.66. The summed E-state index contributed by atoms with van der Waals surface area (Å²) in [6.45, 7) is 7.11. The molecule has 2 rings (SSSR count). The molecule has 1 aliphatic carbocycles. The van der Waals surface area contributed by atoms with Crippen molar-refractivity contribution in [3.8, 4) is 5.75 Å². The van der Waals surface area contributed by atoms with Crippen LogP contribution in [0.4, 0.5) is 0 Å². The Balaban J connectivity index is 2.29. The lowest BCUT2D eigenvalue weighted by atomic mass is 9.68. The largest absolute Gasteiger partial charge is 0.495 e. The second-order valence-electron chi connectivity index (χ2n) is 6.66. The number of aromatic nitrogens is 1. The van der Waals surface area contributed by atoms with Gasteiger partial charge < -0.3 is 14.6 Å². The van der Waals surface area contributed by atoms with Crippen LogP contribution in [-0.4, -0.2) is 29.4 Å². The van der Waals surface area contributed by atoms with Crippen LogP contribution in [0.2, 0.25) is 0 Å². The van der Waals surface area contributed by atoms with E-state index in [0.717, 1.165) is 25.7 Å². The van der Waals surface area contributed by atoms with Gasteiger partial charge >= 0.3 is 0 Å². The first-order chi connectivity index (χ1) is 9.94. The molecule has 1 saturated carbocycles. The zero-order valence-electron chi connectivity index (χ0n) is 13.6. The van der Waals surface area contributed by atoms with Crippen molar-refractivity contribution in [2.24, 2.45) is 5.41 Å². The minimum absolute atomic E-state index is 0.314. The lowest BCUT2D eigenvalue weighted by molar-refractivity contribution is -0.155. The van der Waals surface area contributed by atoms with Crippen molar-refractivity contribution in [1.82, 2.24) is 4.98 Å². The van der Waals surface area contributed by atoms with Gasteiger partial charge in [0.25, 0.3) is 0 Å². The molecule has 4 heteroatoms. The predicted octanol–water partition coefficient (Wildman–Crippen LogP) is 3.50. The van der Waals surface area contributed by atoms with Crippen LogP contribution < -0.4 is 4.74 Å². The molecule has 0 saturated heterocycles. The van der Waals surface area contributed by atoms with Crippen molar-refractivity contribution in [2.45, 2.75) is 58.2 Å². The number of aliphatic hydroxyl groups is 1. The van der Waals surface area contributed by atoms with Gasteiger partial charge in [0.05, 0.1) is 12.7 Å². The van der Waals surface area contributed by atoms with Crippen LogP contribution in [0, 0.1) is 5.41 Å².